The van der Waals surface area contributed by atoms with Gasteiger partial charge in [-0.1, -0.05) is 54.0 Å². The van der Waals surface area contributed by atoms with Gasteiger partial charge in [-0.25, -0.2) is 18.2 Å². The average Bonchev–Trinajstić information content (AvgIpc) is 3.49. The molecule has 4 rings (SSSR count). The molecule has 0 saturated heterocycles. The van der Waals surface area contributed by atoms with Gasteiger partial charge in [-0.15, -0.1) is 11.8 Å². The Hall–Kier alpha value is -2.69. The summed E-state index contributed by atoms with van der Waals surface area (Å²) < 4.78 is 24.8. The van der Waals surface area contributed by atoms with Crippen LogP contribution in [0.15, 0.2) is 57.6 Å². The van der Waals surface area contributed by atoms with Crippen LogP contribution in [-0.4, -0.2) is 31.5 Å². The van der Waals surface area contributed by atoms with Crippen molar-refractivity contribution in [1.82, 2.24) is 4.98 Å². The van der Waals surface area contributed by atoms with Crippen molar-refractivity contribution in [2.75, 3.05) is 16.9 Å². The molecular formula is C25H27N3O4S3. The number of thiazole rings is 1. The van der Waals surface area contributed by atoms with Gasteiger partial charge in [0.2, 0.25) is 0 Å². The van der Waals surface area contributed by atoms with Gasteiger partial charge in [0.1, 0.15) is 4.21 Å². The van der Waals surface area contributed by atoms with Crippen LogP contribution in [0.1, 0.15) is 47.3 Å². The number of carbonyl (C=O) groups is 2. The van der Waals surface area contributed by atoms with Crippen LogP contribution in [0, 0.1) is 12.8 Å². The zero-order valence-electron chi connectivity index (χ0n) is 19.5. The number of ketones is 1. The number of aromatic nitrogens is 1. The second-order valence-electron chi connectivity index (χ2n) is 8.60. The third-order valence-electron chi connectivity index (χ3n) is 5.75. The minimum Gasteiger partial charge on any atom is -0.307 e. The fourth-order valence-corrected chi connectivity index (χ4v) is 7.21. The van der Waals surface area contributed by atoms with Crippen LogP contribution in [0.2, 0.25) is 0 Å². The highest BCUT2D eigenvalue weighted by Gasteiger charge is 2.26. The number of anilines is 2. The molecule has 1 aromatic heterocycles. The number of hydrogen-bond donors (Lipinski definition) is 2. The molecular weight excluding hydrogens is 502 g/mol. The topological polar surface area (TPSA) is 105 Å². The van der Waals surface area contributed by atoms with Gasteiger partial charge < -0.3 is 5.32 Å². The molecule has 35 heavy (non-hydrogen) atoms. The van der Waals surface area contributed by atoms with Crippen LogP contribution < -0.4 is 10.6 Å². The van der Waals surface area contributed by atoms with Gasteiger partial charge >= 0.3 is 6.03 Å². The Kier molecular flexibility index (Phi) is 7.93. The summed E-state index contributed by atoms with van der Waals surface area (Å²) in [5.74, 6) is 0.390. The van der Waals surface area contributed by atoms with Crippen LogP contribution >= 0.6 is 23.1 Å². The number of nitrogens with one attached hydrogen (secondary N) is 2. The molecule has 2 amide bonds. The van der Waals surface area contributed by atoms with E-state index in [1.807, 2.05) is 43.3 Å². The predicted molar refractivity (Wildman–Crippen MR) is 141 cm³/mol. The van der Waals surface area contributed by atoms with Crippen molar-refractivity contribution in [3.8, 4) is 0 Å². The van der Waals surface area contributed by atoms with E-state index in [1.54, 1.807) is 12.1 Å². The third-order valence-corrected chi connectivity index (χ3v) is 9.65. The van der Waals surface area contributed by atoms with E-state index in [-0.39, 0.29) is 21.0 Å². The number of rotatable bonds is 8. The minimum absolute atomic E-state index is 0.0126. The summed E-state index contributed by atoms with van der Waals surface area (Å²) in [7, 11) is -3.52. The number of urea groups is 1. The van der Waals surface area contributed by atoms with Gasteiger partial charge in [0.25, 0.3) is 0 Å². The number of benzene rings is 2. The van der Waals surface area contributed by atoms with E-state index >= 15 is 0 Å². The Bertz CT molecular complexity index is 1330. The Labute approximate surface area is 213 Å². The molecule has 2 aromatic carbocycles. The molecule has 10 heteroatoms. The Morgan fingerprint density at radius 1 is 1.09 bits per heavy atom. The summed E-state index contributed by atoms with van der Waals surface area (Å²) in [6.07, 6.45) is 4.96. The summed E-state index contributed by atoms with van der Waals surface area (Å²) >= 11 is 2.39. The van der Waals surface area contributed by atoms with Crippen molar-refractivity contribution < 1.29 is 18.0 Å². The lowest BCUT2D eigenvalue weighted by Crippen LogP contribution is -2.22. The first-order valence-electron chi connectivity index (χ1n) is 11.3. The summed E-state index contributed by atoms with van der Waals surface area (Å²) in [5.41, 5.74) is 2.28. The van der Waals surface area contributed by atoms with Gasteiger partial charge in [0, 0.05) is 28.4 Å². The zero-order chi connectivity index (χ0) is 25.0. The normalized spacial score (nSPS) is 14.1. The lowest BCUT2D eigenvalue weighted by molar-refractivity contribution is 0.0923. The molecule has 0 aliphatic heterocycles. The maximum absolute atomic E-state index is 13.1. The SMILES string of the molecule is Cc1ccc(NC(=O)Nc2nc(CSc3ccccc3)c(S(C)(=O)=O)s2)c(C(=O)C2CCCC2)c1. The first-order chi connectivity index (χ1) is 16.7. The molecule has 0 bridgehead atoms. The van der Waals surface area contributed by atoms with Crippen LogP contribution in [0.5, 0.6) is 0 Å². The second-order valence-corrected chi connectivity index (χ2v) is 12.9. The van der Waals surface area contributed by atoms with Gasteiger partial charge in [-0.3, -0.25) is 10.1 Å². The lowest BCUT2D eigenvalue weighted by atomic mass is 9.94. The van der Waals surface area contributed by atoms with Crippen molar-refractivity contribution in [3.05, 3.63) is 65.4 Å². The molecule has 7 nitrogen and oxygen atoms in total. The summed E-state index contributed by atoms with van der Waals surface area (Å²) in [4.78, 5) is 31.2. The molecule has 0 unspecified atom stereocenters. The number of aryl methyl sites for hydroxylation is 1. The van der Waals surface area contributed by atoms with Gasteiger partial charge in [0.05, 0.1) is 11.4 Å². The van der Waals surface area contributed by atoms with Crippen molar-refractivity contribution in [2.45, 2.75) is 47.5 Å². The number of sulfone groups is 1. The minimum atomic E-state index is -3.52. The monoisotopic (exact) mass is 529 g/mol. The summed E-state index contributed by atoms with van der Waals surface area (Å²) in [6, 6.07) is 14.4. The largest absolute Gasteiger partial charge is 0.325 e. The van der Waals surface area contributed by atoms with Gasteiger partial charge in [-0.05, 0) is 44.0 Å². The van der Waals surface area contributed by atoms with E-state index in [0.29, 0.717) is 22.7 Å². The smallest absolute Gasteiger partial charge is 0.307 e. The number of thioether (sulfide) groups is 1. The van der Waals surface area contributed by atoms with E-state index in [0.717, 1.165) is 53.7 Å². The molecule has 2 N–H and O–H groups in total. The molecule has 0 atom stereocenters. The van der Waals surface area contributed by atoms with E-state index in [2.05, 4.69) is 15.6 Å². The zero-order valence-corrected chi connectivity index (χ0v) is 22.0. The van der Waals surface area contributed by atoms with Gasteiger partial charge in [0.15, 0.2) is 20.8 Å². The first kappa shape index (κ1) is 25.4. The Morgan fingerprint density at radius 3 is 2.49 bits per heavy atom. The third kappa shape index (κ3) is 6.50. The molecule has 1 saturated carbocycles. The molecule has 184 valence electrons. The van der Waals surface area contributed by atoms with E-state index in [4.69, 9.17) is 0 Å². The molecule has 3 aromatic rings. The highest BCUT2D eigenvalue weighted by atomic mass is 32.2. The van der Waals surface area contributed by atoms with Gasteiger partial charge in [-0.2, -0.15) is 0 Å². The molecule has 1 aliphatic rings. The molecule has 1 fully saturated rings. The van der Waals surface area contributed by atoms with Crippen molar-refractivity contribution in [2.24, 2.45) is 5.92 Å². The highest BCUT2D eigenvalue weighted by molar-refractivity contribution is 7.98. The standard InChI is InChI=1S/C25H27N3O4S3/c1-16-12-13-20(19(14-16)22(29)17-8-6-7-9-17)26-24(30)28-25-27-21(23(34-25)35(2,31)32)15-33-18-10-4-3-5-11-18/h3-5,10-14,17H,6-9,15H2,1-2H3,(H2,26,27,28,30). The molecule has 0 radical (unpaired) electrons. The molecule has 1 heterocycles. The van der Waals surface area contributed by atoms with Crippen LogP contribution in [-0.2, 0) is 15.6 Å². The van der Waals surface area contributed by atoms with Crippen LogP contribution in [0.3, 0.4) is 0 Å². The molecule has 0 spiro atoms. The van der Waals surface area contributed by atoms with E-state index < -0.39 is 15.9 Å². The maximum atomic E-state index is 13.1. The predicted octanol–water partition coefficient (Wildman–Crippen LogP) is 6.16. The van der Waals surface area contributed by atoms with Crippen molar-refractivity contribution >= 4 is 55.6 Å². The Morgan fingerprint density at radius 2 is 1.80 bits per heavy atom. The molecule has 1 aliphatic carbocycles. The van der Waals surface area contributed by atoms with Crippen molar-refractivity contribution in [3.63, 3.8) is 0 Å². The number of amides is 2. The lowest BCUT2D eigenvalue weighted by Gasteiger charge is -2.14. The summed E-state index contributed by atoms with van der Waals surface area (Å²) in [6.45, 7) is 1.91. The quantitative estimate of drug-likeness (QED) is 0.267. The highest BCUT2D eigenvalue weighted by Crippen LogP contribution is 2.33. The van der Waals surface area contributed by atoms with E-state index in [1.165, 1.54) is 11.8 Å². The summed E-state index contributed by atoms with van der Waals surface area (Å²) in [5, 5.41) is 5.58. The average molecular weight is 530 g/mol. The fraction of sp³-hybridized carbons (Fsp3) is 0.320. The number of hydrogen-bond acceptors (Lipinski definition) is 7. The first-order valence-corrected chi connectivity index (χ1v) is 15.0. The Balaban J connectivity index is 1.50. The van der Waals surface area contributed by atoms with E-state index in [9.17, 15) is 18.0 Å². The second kappa shape index (κ2) is 10.9. The maximum Gasteiger partial charge on any atom is 0.325 e. The number of Topliss-reactive ketones (excluding diaryl/α,β-unsaturated/α-hetero) is 1. The number of nitrogens with zero attached hydrogens (tertiary/aromatic N) is 1. The fourth-order valence-electron chi connectivity index (χ4n) is 4.07. The van der Waals surface area contributed by atoms with Crippen LogP contribution in [0.4, 0.5) is 15.6 Å². The van der Waals surface area contributed by atoms with Crippen molar-refractivity contribution in [1.29, 1.82) is 0 Å². The van der Waals surface area contributed by atoms with Crippen LogP contribution in [0.25, 0.3) is 0 Å². The number of carbonyl (C=O) groups excluding carboxylic acids is 2.